The minimum absolute atomic E-state index is 0.000316. The van der Waals surface area contributed by atoms with E-state index in [9.17, 15) is 24.6 Å². The predicted octanol–water partition coefficient (Wildman–Crippen LogP) is 1.97. The van der Waals surface area contributed by atoms with E-state index in [1.165, 1.54) is 4.90 Å². The molecule has 2 amide bonds. The van der Waals surface area contributed by atoms with Crippen LogP contribution >= 0.6 is 11.6 Å². The van der Waals surface area contributed by atoms with E-state index in [4.69, 9.17) is 16.3 Å². The molecule has 0 radical (unpaired) electrons. The molecular weight excluding hydrogens is 472 g/mol. The summed E-state index contributed by atoms with van der Waals surface area (Å²) in [5.74, 6) is -1.82. The first-order valence-corrected chi connectivity index (χ1v) is 11.9. The number of fused-ring (bicyclic) bond motifs is 3. The standard InChI is InChI=1S/C26H27ClN2O6/c1-2-20(31)26(34)29(14-15-7-9-16(27)10-8-15)19-13-18(25(33)28-11-12-30)22-17-5-3-4-6-21(17)35-24(22)23(19)32/h3-10,13,19,22-24,30,32H,2,11-12,14H2,1H3,(H,28,33). The first kappa shape index (κ1) is 24.9. The van der Waals surface area contributed by atoms with Crippen LogP contribution in [-0.4, -0.2) is 64.1 Å². The minimum Gasteiger partial charge on any atom is -0.486 e. The Morgan fingerprint density at radius 3 is 2.51 bits per heavy atom. The molecule has 35 heavy (non-hydrogen) atoms. The number of nitrogens with one attached hydrogen (secondary N) is 1. The van der Waals surface area contributed by atoms with Gasteiger partial charge in [0.25, 0.3) is 5.91 Å². The normalized spacial score (nSPS) is 22.3. The van der Waals surface area contributed by atoms with E-state index in [1.54, 1.807) is 49.4 Å². The smallest absolute Gasteiger partial charge is 0.290 e. The molecular formula is C26H27ClN2O6. The third kappa shape index (κ3) is 4.96. The van der Waals surface area contributed by atoms with Gasteiger partial charge in [0.2, 0.25) is 11.7 Å². The summed E-state index contributed by atoms with van der Waals surface area (Å²) < 4.78 is 6.06. The number of benzene rings is 2. The summed E-state index contributed by atoms with van der Waals surface area (Å²) in [7, 11) is 0. The van der Waals surface area contributed by atoms with Crippen LogP contribution in [0.4, 0.5) is 0 Å². The van der Waals surface area contributed by atoms with Crippen molar-refractivity contribution in [2.24, 2.45) is 0 Å². The molecule has 0 aromatic heterocycles. The van der Waals surface area contributed by atoms with Crippen LogP contribution in [0.1, 0.15) is 30.4 Å². The van der Waals surface area contributed by atoms with Crippen LogP contribution in [0.2, 0.25) is 5.02 Å². The first-order valence-electron chi connectivity index (χ1n) is 11.5. The number of Topliss-reactive ketones (excluding diaryl/α,β-unsaturated/α-hetero) is 1. The Balaban J connectivity index is 1.77. The zero-order valence-electron chi connectivity index (χ0n) is 19.2. The number of amides is 2. The van der Waals surface area contributed by atoms with Gasteiger partial charge in [-0.15, -0.1) is 0 Å². The maximum Gasteiger partial charge on any atom is 0.290 e. The molecule has 1 aliphatic heterocycles. The Bertz CT molecular complexity index is 1150. The number of ketones is 1. The average Bonchev–Trinajstić information content (AvgIpc) is 3.27. The number of aliphatic hydroxyl groups is 2. The maximum atomic E-state index is 13.2. The number of nitrogens with zero attached hydrogens (tertiary/aromatic N) is 1. The fourth-order valence-corrected chi connectivity index (χ4v) is 4.73. The second-order valence-electron chi connectivity index (χ2n) is 8.52. The third-order valence-electron chi connectivity index (χ3n) is 6.32. The van der Waals surface area contributed by atoms with Crippen molar-refractivity contribution in [2.75, 3.05) is 13.2 Å². The molecule has 1 aliphatic carbocycles. The van der Waals surface area contributed by atoms with Crippen molar-refractivity contribution >= 4 is 29.2 Å². The molecule has 0 saturated carbocycles. The van der Waals surface area contributed by atoms with E-state index in [0.29, 0.717) is 21.9 Å². The highest BCUT2D eigenvalue weighted by atomic mass is 35.5. The van der Waals surface area contributed by atoms with Crippen molar-refractivity contribution in [1.82, 2.24) is 10.2 Å². The van der Waals surface area contributed by atoms with E-state index < -0.39 is 41.8 Å². The molecule has 4 unspecified atom stereocenters. The van der Waals surface area contributed by atoms with Gasteiger partial charge >= 0.3 is 0 Å². The number of hydrogen-bond donors (Lipinski definition) is 3. The Kier molecular flexibility index (Phi) is 7.54. The van der Waals surface area contributed by atoms with Gasteiger partial charge in [0, 0.05) is 35.7 Å². The molecule has 4 atom stereocenters. The van der Waals surface area contributed by atoms with Gasteiger partial charge in [0.15, 0.2) is 0 Å². The summed E-state index contributed by atoms with van der Waals surface area (Å²) in [4.78, 5) is 40.0. The zero-order chi connectivity index (χ0) is 25.1. The van der Waals surface area contributed by atoms with Gasteiger partial charge in [-0.05, 0) is 29.8 Å². The van der Waals surface area contributed by atoms with Gasteiger partial charge in [-0.2, -0.15) is 0 Å². The summed E-state index contributed by atoms with van der Waals surface area (Å²) in [5.41, 5.74) is 1.76. The number of para-hydroxylation sites is 1. The van der Waals surface area contributed by atoms with Crippen molar-refractivity contribution in [1.29, 1.82) is 0 Å². The molecule has 4 rings (SSSR count). The number of carbonyl (C=O) groups excluding carboxylic acids is 3. The zero-order valence-corrected chi connectivity index (χ0v) is 19.9. The lowest BCUT2D eigenvalue weighted by molar-refractivity contribution is -0.148. The number of aliphatic hydroxyl groups excluding tert-OH is 2. The predicted molar refractivity (Wildman–Crippen MR) is 129 cm³/mol. The molecule has 9 heteroatoms. The van der Waals surface area contributed by atoms with E-state index in [1.807, 2.05) is 12.1 Å². The number of rotatable bonds is 8. The molecule has 2 aromatic rings. The van der Waals surface area contributed by atoms with Crippen molar-refractivity contribution in [3.63, 3.8) is 0 Å². The summed E-state index contributed by atoms with van der Waals surface area (Å²) >= 11 is 5.99. The highest BCUT2D eigenvalue weighted by molar-refractivity contribution is 6.36. The van der Waals surface area contributed by atoms with Gasteiger partial charge in [0.05, 0.1) is 18.6 Å². The average molecular weight is 499 g/mol. The van der Waals surface area contributed by atoms with E-state index in [0.717, 1.165) is 5.56 Å². The highest BCUT2D eigenvalue weighted by Crippen LogP contribution is 2.47. The Morgan fingerprint density at radius 1 is 1.11 bits per heavy atom. The van der Waals surface area contributed by atoms with Crippen LogP contribution in [0.3, 0.4) is 0 Å². The Labute approximate surface area is 208 Å². The summed E-state index contributed by atoms with van der Waals surface area (Å²) in [6.07, 6.45) is -0.502. The van der Waals surface area contributed by atoms with E-state index in [2.05, 4.69) is 5.32 Å². The lowest BCUT2D eigenvalue weighted by Crippen LogP contribution is -2.56. The summed E-state index contributed by atoms with van der Waals surface area (Å²) in [5, 5.41) is 23.8. The van der Waals surface area contributed by atoms with Crippen molar-refractivity contribution in [3.8, 4) is 5.75 Å². The molecule has 0 fully saturated rings. The van der Waals surface area contributed by atoms with Crippen molar-refractivity contribution in [3.05, 3.63) is 76.3 Å². The van der Waals surface area contributed by atoms with E-state index >= 15 is 0 Å². The second kappa shape index (κ2) is 10.6. The molecule has 0 spiro atoms. The van der Waals surface area contributed by atoms with Crippen LogP contribution in [0.25, 0.3) is 0 Å². The second-order valence-corrected chi connectivity index (χ2v) is 8.95. The number of ether oxygens (including phenoxy) is 1. The lowest BCUT2D eigenvalue weighted by atomic mass is 9.77. The van der Waals surface area contributed by atoms with Gasteiger partial charge in [-0.25, -0.2) is 0 Å². The molecule has 184 valence electrons. The summed E-state index contributed by atoms with van der Waals surface area (Å²) in [6, 6.07) is 13.0. The van der Waals surface area contributed by atoms with Crippen LogP contribution in [0.15, 0.2) is 60.2 Å². The van der Waals surface area contributed by atoms with Crippen molar-refractivity contribution < 1.29 is 29.3 Å². The third-order valence-corrected chi connectivity index (χ3v) is 6.58. The number of halogens is 1. The fourth-order valence-electron chi connectivity index (χ4n) is 4.60. The minimum atomic E-state index is -1.21. The van der Waals surface area contributed by atoms with Crippen molar-refractivity contribution in [2.45, 2.75) is 44.1 Å². The van der Waals surface area contributed by atoms with Gasteiger partial charge < -0.3 is 25.2 Å². The highest BCUT2D eigenvalue weighted by Gasteiger charge is 2.50. The lowest BCUT2D eigenvalue weighted by Gasteiger charge is -2.40. The molecule has 1 heterocycles. The molecule has 3 N–H and O–H groups in total. The fraction of sp³-hybridized carbons (Fsp3) is 0.346. The maximum absolute atomic E-state index is 13.2. The van der Waals surface area contributed by atoms with Crippen LogP contribution in [0.5, 0.6) is 5.75 Å². The quantitative estimate of drug-likeness (QED) is 0.479. The largest absolute Gasteiger partial charge is 0.486 e. The monoisotopic (exact) mass is 498 g/mol. The van der Waals surface area contributed by atoms with Crippen LogP contribution in [-0.2, 0) is 20.9 Å². The summed E-state index contributed by atoms with van der Waals surface area (Å²) in [6.45, 7) is 1.42. The van der Waals surface area contributed by atoms with Crippen LogP contribution in [0, 0.1) is 0 Å². The Morgan fingerprint density at radius 2 is 1.83 bits per heavy atom. The topological polar surface area (TPSA) is 116 Å². The molecule has 2 aromatic carbocycles. The van der Waals surface area contributed by atoms with Gasteiger partial charge in [0.1, 0.15) is 18.0 Å². The van der Waals surface area contributed by atoms with E-state index in [-0.39, 0.29) is 26.1 Å². The molecule has 0 saturated heterocycles. The SMILES string of the molecule is CCC(=O)C(=O)N(Cc1ccc(Cl)cc1)C1C=C(C(=O)NCCO)C2c3ccccc3OC2C1O. The van der Waals surface area contributed by atoms with Gasteiger partial charge in [-0.1, -0.05) is 48.9 Å². The Hall–Kier alpha value is -3.20. The van der Waals surface area contributed by atoms with Crippen LogP contribution < -0.4 is 10.1 Å². The first-order chi connectivity index (χ1) is 16.8. The van der Waals surface area contributed by atoms with Gasteiger partial charge in [-0.3, -0.25) is 14.4 Å². The molecule has 8 nitrogen and oxygen atoms in total. The molecule has 0 bridgehead atoms. The number of carbonyl (C=O) groups is 3. The number of hydrogen-bond acceptors (Lipinski definition) is 6. The molecule has 2 aliphatic rings.